The molecule has 0 aliphatic heterocycles. The van der Waals surface area contributed by atoms with Crippen molar-refractivity contribution in [2.75, 3.05) is 6.61 Å². The number of benzene rings is 2. The van der Waals surface area contributed by atoms with Crippen LogP contribution in [0.15, 0.2) is 48.5 Å². The van der Waals surface area contributed by atoms with E-state index < -0.39 is 5.82 Å². The topological polar surface area (TPSA) is 33.0 Å². The summed E-state index contributed by atoms with van der Waals surface area (Å²) < 4.78 is 19.3. The first kappa shape index (κ1) is 13.8. The summed E-state index contributed by atoms with van der Waals surface area (Å²) in [7, 11) is 0. The van der Waals surface area contributed by atoms with Gasteiger partial charge in [0.1, 0.15) is 11.6 Å². The maximum absolute atomic E-state index is 13.8. The molecule has 2 rings (SSSR count). The molecule has 0 bridgehead atoms. The normalized spacial score (nSPS) is 10.9. The van der Waals surface area contributed by atoms with Gasteiger partial charge in [-0.3, -0.25) is 0 Å². The lowest BCUT2D eigenvalue weighted by molar-refractivity contribution is 0.339. The Morgan fingerprint density at radius 1 is 1.20 bits per heavy atom. The number of nitrogens with zero attached hydrogens (tertiary/aromatic N) is 1. The Bertz CT molecular complexity index is 671. The highest BCUT2D eigenvalue weighted by Crippen LogP contribution is 2.25. The zero-order valence-corrected chi connectivity index (χ0v) is 11.1. The highest BCUT2D eigenvalue weighted by Gasteiger charge is 2.08. The number of hydrogen-bond donors (Lipinski definition) is 0. The second-order valence-corrected chi connectivity index (χ2v) is 4.12. The summed E-state index contributed by atoms with van der Waals surface area (Å²) in [5, 5.41) is 9.26. The predicted molar refractivity (Wildman–Crippen MR) is 77.5 cm³/mol. The minimum Gasteiger partial charge on any atom is -0.493 e. The van der Waals surface area contributed by atoms with E-state index in [0.29, 0.717) is 17.9 Å². The molecule has 100 valence electrons. The Kier molecular flexibility index (Phi) is 4.52. The smallest absolute Gasteiger partial charge is 0.131 e. The number of allylic oxidation sites excluding steroid dienone is 1. The number of nitriles is 1. The molecule has 20 heavy (non-hydrogen) atoms. The zero-order valence-electron chi connectivity index (χ0n) is 11.1. The van der Waals surface area contributed by atoms with Crippen LogP contribution in [0.5, 0.6) is 5.75 Å². The Morgan fingerprint density at radius 2 is 1.90 bits per heavy atom. The molecule has 2 nitrogen and oxygen atoms in total. The summed E-state index contributed by atoms with van der Waals surface area (Å²) >= 11 is 0. The monoisotopic (exact) mass is 267 g/mol. The van der Waals surface area contributed by atoms with Crippen molar-refractivity contribution in [1.82, 2.24) is 0 Å². The SMILES string of the molecule is CCOc1ccccc1C=C(C#N)c1ccccc1F. The van der Waals surface area contributed by atoms with E-state index in [1.54, 1.807) is 24.3 Å². The van der Waals surface area contributed by atoms with Crippen LogP contribution in [0.4, 0.5) is 4.39 Å². The fourth-order valence-electron chi connectivity index (χ4n) is 1.89. The van der Waals surface area contributed by atoms with E-state index in [2.05, 4.69) is 0 Å². The minimum absolute atomic E-state index is 0.273. The van der Waals surface area contributed by atoms with Crippen LogP contribution in [0, 0.1) is 17.1 Å². The Hall–Kier alpha value is -2.60. The third-order valence-corrected chi connectivity index (χ3v) is 2.80. The van der Waals surface area contributed by atoms with Crippen molar-refractivity contribution in [3.05, 3.63) is 65.5 Å². The summed E-state index contributed by atoms with van der Waals surface area (Å²) in [5.74, 6) is 0.272. The minimum atomic E-state index is -0.408. The number of para-hydroxylation sites is 1. The van der Waals surface area contributed by atoms with Crippen molar-refractivity contribution in [3.8, 4) is 11.8 Å². The zero-order chi connectivity index (χ0) is 14.4. The predicted octanol–water partition coefficient (Wildman–Crippen LogP) is 4.29. The number of rotatable bonds is 4. The van der Waals surface area contributed by atoms with Gasteiger partial charge in [0.25, 0.3) is 0 Å². The van der Waals surface area contributed by atoms with Gasteiger partial charge in [-0.2, -0.15) is 5.26 Å². The molecule has 0 aliphatic rings. The molecule has 0 N–H and O–H groups in total. The summed E-state index contributed by atoms with van der Waals surface area (Å²) in [6, 6.07) is 15.7. The van der Waals surface area contributed by atoms with Crippen molar-refractivity contribution < 1.29 is 9.13 Å². The summed E-state index contributed by atoms with van der Waals surface area (Å²) in [6.45, 7) is 2.43. The van der Waals surface area contributed by atoms with Gasteiger partial charge in [-0.15, -0.1) is 0 Å². The van der Waals surface area contributed by atoms with Crippen molar-refractivity contribution >= 4 is 11.6 Å². The first-order chi connectivity index (χ1) is 9.76. The standard InChI is InChI=1S/C17H14FNO/c1-2-20-17-10-6-3-7-13(17)11-14(12-19)15-8-4-5-9-16(15)18/h3-11H,2H2,1H3. The lowest BCUT2D eigenvalue weighted by atomic mass is 10.0. The van der Waals surface area contributed by atoms with Crippen LogP contribution in [0.25, 0.3) is 11.6 Å². The van der Waals surface area contributed by atoms with Crippen molar-refractivity contribution in [3.63, 3.8) is 0 Å². The van der Waals surface area contributed by atoms with E-state index in [9.17, 15) is 9.65 Å². The second-order valence-electron chi connectivity index (χ2n) is 4.12. The summed E-state index contributed by atoms with van der Waals surface area (Å²) in [4.78, 5) is 0. The highest BCUT2D eigenvalue weighted by molar-refractivity contribution is 5.90. The Morgan fingerprint density at radius 3 is 2.60 bits per heavy atom. The van der Waals surface area contributed by atoms with E-state index in [1.165, 1.54) is 6.07 Å². The van der Waals surface area contributed by atoms with Crippen molar-refractivity contribution in [2.45, 2.75) is 6.92 Å². The Balaban J connectivity index is 2.48. The van der Waals surface area contributed by atoms with Crippen LogP contribution < -0.4 is 4.74 Å². The summed E-state index contributed by atoms with van der Waals surface area (Å²) in [5.41, 5.74) is 1.32. The molecule has 0 saturated carbocycles. The van der Waals surface area contributed by atoms with E-state index in [1.807, 2.05) is 37.3 Å². The molecule has 0 spiro atoms. The van der Waals surface area contributed by atoms with Gasteiger partial charge in [0.05, 0.1) is 18.2 Å². The maximum atomic E-state index is 13.8. The molecule has 3 heteroatoms. The molecule has 2 aromatic carbocycles. The number of ether oxygens (including phenoxy) is 1. The first-order valence-corrected chi connectivity index (χ1v) is 6.34. The maximum Gasteiger partial charge on any atom is 0.131 e. The average Bonchev–Trinajstić information content (AvgIpc) is 2.47. The highest BCUT2D eigenvalue weighted by atomic mass is 19.1. The van der Waals surface area contributed by atoms with Gasteiger partial charge in [0, 0.05) is 11.1 Å². The molecular weight excluding hydrogens is 253 g/mol. The van der Waals surface area contributed by atoms with Gasteiger partial charge in [-0.05, 0) is 25.1 Å². The van der Waals surface area contributed by atoms with Crippen LogP contribution in [0.2, 0.25) is 0 Å². The Labute approximate surface area is 117 Å². The van der Waals surface area contributed by atoms with Crippen LogP contribution in [0.3, 0.4) is 0 Å². The van der Waals surface area contributed by atoms with Gasteiger partial charge < -0.3 is 4.74 Å². The van der Waals surface area contributed by atoms with Gasteiger partial charge in [0.2, 0.25) is 0 Å². The molecule has 0 amide bonds. The van der Waals surface area contributed by atoms with Crippen LogP contribution in [-0.2, 0) is 0 Å². The van der Waals surface area contributed by atoms with Gasteiger partial charge in [-0.1, -0.05) is 36.4 Å². The quantitative estimate of drug-likeness (QED) is 0.611. The van der Waals surface area contributed by atoms with E-state index >= 15 is 0 Å². The van der Waals surface area contributed by atoms with Gasteiger partial charge >= 0.3 is 0 Å². The van der Waals surface area contributed by atoms with E-state index in [4.69, 9.17) is 4.74 Å². The van der Waals surface area contributed by atoms with Crippen LogP contribution in [-0.4, -0.2) is 6.61 Å². The lowest BCUT2D eigenvalue weighted by Gasteiger charge is -2.07. The number of hydrogen-bond acceptors (Lipinski definition) is 2. The molecule has 0 heterocycles. The molecule has 0 aromatic heterocycles. The first-order valence-electron chi connectivity index (χ1n) is 6.34. The summed E-state index contributed by atoms with van der Waals surface area (Å²) in [6.07, 6.45) is 1.64. The van der Waals surface area contributed by atoms with Gasteiger partial charge in [0.15, 0.2) is 0 Å². The van der Waals surface area contributed by atoms with E-state index in [0.717, 1.165) is 5.56 Å². The van der Waals surface area contributed by atoms with Crippen molar-refractivity contribution in [1.29, 1.82) is 5.26 Å². The second kappa shape index (κ2) is 6.53. The fourth-order valence-corrected chi connectivity index (χ4v) is 1.89. The van der Waals surface area contributed by atoms with Crippen molar-refractivity contribution in [2.24, 2.45) is 0 Å². The molecule has 2 aromatic rings. The third-order valence-electron chi connectivity index (χ3n) is 2.80. The third kappa shape index (κ3) is 3.04. The van der Waals surface area contributed by atoms with Gasteiger partial charge in [-0.25, -0.2) is 4.39 Å². The van der Waals surface area contributed by atoms with E-state index in [-0.39, 0.29) is 5.57 Å². The molecule has 0 unspecified atom stereocenters. The molecule has 0 saturated heterocycles. The number of halogens is 1. The largest absolute Gasteiger partial charge is 0.493 e. The van der Waals surface area contributed by atoms with Crippen LogP contribution in [0.1, 0.15) is 18.1 Å². The molecule has 0 aliphatic carbocycles. The molecule has 0 fully saturated rings. The molecule has 0 radical (unpaired) electrons. The average molecular weight is 267 g/mol. The molecule has 0 atom stereocenters. The van der Waals surface area contributed by atoms with Crippen LogP contribution >= 0.6 is 0 Å². The lowest BCUT2D eigenvalue weighted by Crippen LogP contribution is -1.94. The fraction of sp³-hybridized carbons (Fsp3) is 0.118. The molecular formula is C17H14FNO.